The van der Waals surface area contributed by atoms with E-state index in [2.05, 4.69) is 14.1 Å². The lowest BCUT2D eigenvalue weighted by Crippen LogP contribution is -2.37. The van der Waals surface area contributed by atoms with Gasteiger partial charge >= 0.3 is 6.03 Å². The van der Waals surface area contributed by atoms with E-state index in [0.29, 0.717) is 29.3 Å². The molecule has 132 valence electrons. The number of fused-ring (bicyclic) bond motifs is 1. The van der Waals surface area contributed by atoms with Crippen molar-refractivity contribution in [2.45, 2.75) is 0 Å². The van der Waals surface area contributed by atoms with Crippen molar-refractivity contribution in [3.05, 3.63) is 47.5 Å². The van der Waals surface area contributed by atoms with Crippen LogP contribution in [0.25, 0.3) is 11.0 Å². The number of carbonyl (C=O) groups is 2. The van der Waals surface area contributed by atoms with Gasteiger partial charge in [0, 0.05) is 23.8 Å². The first-order valence-corrected chi connectivity index (χ1v) is 9.06. The zero-order valence-electron chi connectivity index (χ0n) is 13.6. The predicted octanol–water partition coefficient (Wildman–Crippen LogP) is 3.23. The van der Waals surface area contributed by atoms with Crippen LogP contribution in [-0.4, -0.2) is 45.2 Å². The van der Waals surface area contributed by atoms with Crippen LogP contribution in [0.15, 0.2) is 42.5 Å². The van der Waals surface area contributed by atoms with Gasteiger partial charge in [-0.2, -0.15) is 8.75 Å². The Morgan fingerprint density at radius 2 is 2.04 bits per heavy atom. The van der Waals surface area contributed by atoms with Crippen molar-refractivity contribution in [1.29, 1.82) is 0 Å². The van der Waals surface area contributed by atoms with Gasteiger partial charge in [-0.15, -0.1) is 0 Å². The molecule has 0 radical (unpaired) electrons. The van der Waals surface area contributed by atoms with Crippen LogP contribution in [0, 0.1) is 0 Å². The zero-order chi connectivity index (χ0) is 18.1. The Morgan fingerprint density at radius 3 is 2.88 bits per heavy atom. The lowest BCUT2D eigenvalue weighted by Gasteiger charge is -2.18. The van der Waals surface area contributed by atoms with E-state index >= 15 is 0 Å². The summed E-state index contributed by atoms with van der Waals surface area (Å²) in [4.78, 5) is 28.1. The van der Waals surface area contributed by atoms with Crippen molar-refractivity contribution in [3.8, 4) is 0 Å². The van der Waals surface area contributed by atoms with Gasteiger partial charge in [-0.25, -0.2) is 4.79 Å². The minimum atomic E-state index is -0.271. The van der Waals surface area contributed by atoms with Crippen LogP contribution in [0.2, 0.25) is 5.02 Å². The molecule has 1 saturated heterocycles. The molecule has 4 rings (SSSR count). The van der Waals surface area contributed by atoms with Gasteiger partial charge in [0.15, 0.2) is 0 Å². The lowest BCUT2D eigenvalue weighted by atomic mass is 10.2. The number of nitrogens with zero attached hydrogens (tertiary/aromatic N) is 4. The third kappa shape index (κ3) is 3.21. The number of aromatic nitrogens is 2. The summed E-state index contributed by atoms with van der Waals surface area (Å²) < 4.78 is 8.34. The van der Waals surface area contributed by atoms with Crippen LogP contribution < -0.4 is 10.2 Å². The number of halogens is 1. The number of hydrogen-bond acceptors (Lipinski definition) is 5. The Morgan fingerprint density at radius 1 is 1.19 bits per heavy atom. The Kier molecular flexibility index (Phi) is 4.44. The third-order valence-electron chi connectivity index (χ3n) is 4.11. The summed E-state index contributed by atoms with van der Waals surface area (Å²) in [5.74, 6) is -0.271. The van der Waals surface area contributed by atoms with E-state index in [4.69, 9.17) is 11.6 Å². The summed E-state index contributed by atoms with van der Waals surface area (Å²) in [6.45, 7) is 0.961. The molecular weight excluding hydrogens is 374 g/mol. The minimum Gasteiger partial charge on any atom is -0.323 e. The molecule has 0 spiro atoms. The van der Waals surface area contributed by atoms with E-state index in [1.807, 2.05) is 12.1 Å². The molecule has 3 amide bonds. The van der Waals surface area contributed by atoms with E-state index in [0.717, 1.165) is 22.9 Å². The third-order valence-corrected chi connectivity index (χ3v) is 4.89. The highest BCUT2D eigenvalue weighted by atomic mass is 35.5. The topological polar surface area (TPSA) is 78.4 Å². The molecule has 0 atom stereocenters. The minimum absolute atomic E-state index is 0.0240. The molecule has 1 aliphatic heterocycles. The Hall–Kier alpha value is -2.71. The Balaban J connectivity index is 1.44. The highest BCUT2D eigenvalue weighted by Gasteiger charge is 2.31. The number of anilines is 2. The average molecular weight is 388 g/mol. The van der Waals surface area contributed by atoms with Crippen LogP contribution >= 0.6 is 23.3 Å². The Labute approximate surface area is 158 Å². The zero-order valence-corrected chi connectivity index (χ0v) is 15.1. The molecule has 0 aliphatic carbocycles. The molecule has 1 aromatic heterocycles. The maximum absolute atomic E-state index is 12.6. The predicted molar refractivity (Wildman–Crippen MR) is 102 cm³/mol. The average Bonchev–Trinajstić information content (AvgIpc) is 3.23. The number of amides is 3. The van der Waals surface area contributed by atoms with Crippen molar-refractivity contribution in [2.75, 3.05) is 29.9 Å². The van der Waals surface area contributed by atoms with Crippen LogP contribution in [0.5, 0.6) is 0 Å². The summed E-state index contributed by atoms with van der Waals surface area (Å²) in [5, 5.41) is 3.38. The molecule has 26 heavy (non-hydrogen) atoms. The van der Waals surface area contributed by atoms with Gasteiger partial charge in [0.05, 0.1) is 17.4 Å². The molecule has 0 bridgehead atoms. The van der Waals surface area contributed by atoms with E-state index in [9.17, 15) is 9.59 Å². The monoisotopic (exact) mass is 387 g/mol. The first kappa shape index (κ1) is 16.7. The van der Waals surface area contributed by atoms with Gasteiger partial charge in [-0.1, -0.05) is 23.7 Å². The van der Waals surface area contributed by atoms with Gasteiger partial charge in [-0.3, -0.25) is 9.69 Å². The van der Waals surface area contributed by atoms with Crippen molar-refractivity contribution >= 4 is 57.7 Å². The Bertz CT molecular complexity index is 992. The largest absolute Gasteiger partial charge is 0.325 e. The van der Waals surface area contributed by atoms with Gasteiger partial charge < -0.3 is 10.2 Å². The fourth-order valence-electron chi connectivity index (χ4n) is 2.88. The van der Waals surface area contributed by atoms with Gasteiger partial charge in [0.1, 0.15) is 17.6 Å². The standard InChI is InChI=1S/C17H14ClN5O2S/c18-11-3-1-4-12(9-11)23-8-7-22(17(23)25)10-15(24)19-13-5-2-6-14-16(13)21-26-20-14/h1-6,9H,7-8,10H2,(H,19,24). The highest BCUT2D eigenvalue weighted by Crippen LogP contribution is 2.24. The lowest BCUT2D eigenvalue weighted by molar-refractivity contribution is -0.116. The second-order valence-corrected chi connectivity index (χ2v) is 6.79. The second-order valence-electron chi connectivity index (χ2n) is 5.82. The highest BCUT2D eigenvalue weighted by molar-refractivity contribution is 7.00. The summed E-state index contributed by atoms with van der Waals surface area (Å²) in [5.41, 5.74) is 2.71. The van der Waals surface area contributed by atoms with Crippen molar-refractivity contribution in [2.24, 2.45) is 0 Å². The molecule has 2 aromatic carbocycles. The summed E-state index contributed by atoms with van der Waals surface area (Å²) >= 11 is 7.09. The van der Waals surface area contributed by atoms with Crippen molar-refractivity contribution in [1.82, 2.24) is 13.6 Å². The molecule has 1 aliphatic rings. The van der Waals surface area contributed by atoms with Gasteiger partial charge in [-0.05, 0) is 30.3 Å². The molecule has 3 aromatic rings. The van der Waals surface area contributed by atoms with Gasteiger partial charge in [0.25, 0.3) is 0 Å². The number of rotatable bonds is 4. The van der Waals surface area contributed by atoms with Crippen LogP contribution in [0.1, 0.15) is 0 Å². The molecule has 0 saturated carbocycles. The molecule has 7 nitrogen and oxygen atoms in total. The summed E-state index contributed by atoms with van der Waals surface area (Å²) in [6, 6.07) is 12.3. The van der Waals surface area contributed by atoms with E-state index in [1.54, 1.807) is 35.2 Å². The first-order valence-electron chi connectivity index (χ1n) is 7.95. The number of benzene rings is 2. The SMILES string of the molecule is O=C(CN1CCN(c2cccc(Cl)c2)C1=O)Nc1cccc2nsnc12. The fraction of sp³-hybridized carbons (Fsp3) is 0.176. The molecule has 1 fully saturated rings. The van der Waals surface area contributed by atoms with Crippen LogP contribution in [0.3, 0.4) is 0 Å². The fourth-order valence-corrected chi connectivity index (χ4v) is 3.62. The van der Waals surface area contributed by atoms with Crippen molar-refractivity contribution in [3.63, 3.8) is 0 Å². The normalized spacial score (nSPS) is 14.3. The van der Waals surface area contributed by atoms with Crippen molar-refractivity contribution < 1.29 is 9.59 Å². The number of hydrogen-bond donors (Lipinski definition) is 1. The second kappa shape index (κ2) is 6.89. The molecule has 2 heterocycles. The number of urea groups is 1. The molecule has 9 heteroatoms. The van der Waals surface area contributed by atoms with E-state index in [1.165, 1.54) is 4.90 Å². The van der Waals surface area contributed by atoms with Crippen LogP contribution in [-0.2, 0) is 4.79 Å². The van der Waals surface area contributed by atoms with E-state index in [-0.39, 0.29) is 18.5 Å². The molecule has 0 unspecified atom stereocenters. The quantitative estimate of drug-likeness (QED) is 0.745. The number of nitrogens with one attached hydrogen (secondary N) is 1. The molecule has 1 N–H and O–H groups in total. The molecular formula is C17H14ClN5O2S. The summed E-state index contributed by atoms with van der Waals surface area (Å²) in [6.07, 6.45) is 0. The first-order chi connectivity index (χ1) is 12.6. The maximum Gasteiger partial charge on any atom is 0.325 e. The van der Waals surface area contributed by atoms with E-state index < -0.39 is 0 Å². The number of carbonyl (C=O) groups excluding carboxylic acids is 2. The maximum atomic E-state index is 12.6. The van der Waals surface area contributed by atoms with Gasteiger partial charge in [0.2, 0.25) is 5.91 Å². The van der Waals surface area contributed by atoms with Crippen LogP contribution in [0.4, 0.5) is 16.2 Å². The smallest absolute Gasteiger partial charge is 0.323 e. The summed E-state index contributed by atoms with van der Waals surface area (Å²) in [7, 11) is 0.